The highest BCUT2D eigenvalue weighted by Crippen LogP contribution is 2.42. The smallest absolute Gasteiger partial charge is 0.190 e. The van der Waals surface area contributed by atoms with Crippen LogP contribution < -0.4 is 14.4 Å². The van der Waals surface area contributed by atoms with E-state index in [1.165, 1.54) is 0 Å². The Bertz CT molecular complexity index is 971. The summed E-state index contributed by atoms with van der Waals surface area (Å²) in [4.78, 5) is 8.34. The molecular weight excluding hydrogens is 392 g/mol. The topological polar surface area (TPSA) is 34.6 Å². The Labute approximate surface area is 175 Å². The molecule has 3 aromatic rings. The molecular formula is C22H25ClN2O2S. The number of hydrogen-bond acceptors (Lipinski definition) is 5. The number of hydrogen-bond donors (Lipinski definition) is 0. The molecule has 0 aliphatic rings. The number of aromatic nitrogens is 1. The molecule has 0 atom stereocenters. The third kappa shape index (κ3) is 3.96. The molecule has 0 unspecified atom stereocenters. The lowest BCUT2D eigenvalue weighted by Crippen LogP contribution is -2.19. The first-order chi connectivity index (χ1) is 13.5. The molecule has 6 heteroatoms. The maximum atomic E-state index is 6.51. The van der Waals surface area contributed by atoms with Crippen LogP contribution >= 0.6 is 22.9 Å². The van der Waals surface area contributed by atoms with Crippen molar-refractivity contribution in [1.29, 1.82) is 0 Å². The number of nitrogens with zero attached hydrogens (tertiary/aromatic N) is 2. The molecule has 4 nitrogen and oxygen atoms in total. The number of benzene rings is 2. The average molecular weight is 417 g/mol. The Kier molecular flexibility index (Phi) is 6.47. The van der Waals surface area contributed by atoms with Crippen LogP contribution in [0.1, 0.15) is 23.8 Å². The van der Waals surface area contributed by atoms with Crippen LogP contribution in [-0.2, 0) is 0 Å². The molecule has 0 aliphatic heterocycles. The van der Waals surface area contributed by atoms with Crippen LogP contribution in [0, 0.1) is 13.8 Å². The zero-order valence-electron chi connectivity index (χ0n) is 16.9. The predicted octanol–water partition coefficient (Wildman–Crippen LogP) is 6.65. The van der Waals surface area contributed by atoms with Crippen molar-refractivity contribution in [2.75, 3.05) is 25.7 Å². The molecule has 28 heavy (non-hydrogen) atoms. The molecule has 0 saturated heterocycles. The van der Waals surface area contributed by atoms with Crippen LogP contribution in [0.4, 0.5) is 10.8 Å². The minimum absolute atomic E-state index is 0.634. The Morgan fingerprint density at radius 3 is 2.54 bits per heavy atom. The highest BCUT2D eigenvalue weighted by Gasteiger charge is 2.22. The van der Waals surface area contributed by atoms with Crippen LogP contribution in [0.5, 0.6) is 11.5 Å². The molecule has 0 spiro atoms. The molecule has 3 rings (SSSR count). The van der Waals surface area contributed by atoms with Crippen molar-refractivity contribution < 1.29 is 9.47 Å². The van der Waals surface area contributed by atoms with E-state index in [1.807, 2.05) is 30.3 Å². The Morgan fingerprint density at radius 2 is 1.89 bits per heavy atom. The van der Waals surface area contributed by atoms with E-state index >= 15 is 0 Å². The summed E-state index contributed by atoms with van der Waals surface area (Å²) in [6.07, 6.45) is 0.995. The van der Waals surface area contributed by atoms with Crippen molar-refractivity contribution in [3.8, 4) is 22.8 Å². The van der Waals surface area contributed by atoms with E-state index in [0.29, 0.717) is 5.02 Å². The lowest BCUT2D eigenvalue weighted by Gasteiger charge is -2.25. The number of rotatable bonds is 7. The van der Waals surface area contributed by atoms with Crippen molar-refractivity contribution in [3.05, 3.63) is 51.9 Å². The van der Waals surface area contributed by atoms with Crippen molar-refractivity contribution in [2.24, 2.45) is 0 Å². The summed E-state index contributed by atoms with van der Waals surface area (Å²) < 4.78 is 10.9. The second-order valence-corrected chi connectivity index (χ2v) is 8.11. The van der Waals surface area contributed by atoms with Gasteiger partial charge in [0, 0.05) is 17.0 Å². The van der Waals surface area contributed by atoms with Gasteiger partial charge in [0.2, 0.25) is 0 Å². The zero-order valence-corrected chi connectivity index (χ0v) is 18.4. The van der Waals surface area contributed by atoms with E-state index in [1.54, 1.807) is 25.6 Å². The van der Waals surface area contributed by atoms with Crippen molar-refractivity contribution in [2.45, 2.75) is 27.2 Å². The first kappa shape index (κ1) is 20.5. The molecule has 0 bridgehead atoms. The third-order valence-corrected chi connectivity index (χ3v) is 5.89. The summed E-state index contributed by atoms with van der Waals surface area (Å²) in [5, 5.41) is 1.57. The van der Waals surface area contributed by atoms with Crippen LogP contribution in [0.15, 0.2) is 36.4 Å². The minimum atomic E-state index is 0.634. The van der Waals surface area contributed by atoms with Gasteiger partial charge in [-0.15, -0.1) is 11.3 Å². The summed E-state index contributed by atoms with van der Waals surface area (Å²) in [5.41, 5.74) is 4.04. The molecule has 0 aliphatic carbocycles. The van der Waals surface area contributed by atoms with Crippen LogP contribution in [0.2, 0.25) is 5.02 Å². The van der Waals surface area contributed by atoms with Crippen LogP contribution in [-0.4, -0.2) is 25.7 Å². The summed E-state index contributed by atoms with van der Waals surface area (Å²) in [5.74, 6) is 1.59. The van der Waals surface area contributed by atoms with Gasteiger partial charge in [-0.1, -0.05) is 30.7 Å². The molecule has 0 fully saturated rings. The largest absolute Gasteiger partial charge is 0.497 e. The Balaban J connectivity index is 2.09. The quantitative estimate of drug-likeness (QED) is 0.432. The third-order valence-electron chi connectivity index (χ3n) is 4.59. The monoisotopic (exact) mass is 416 g/mol. The number of para-hydroxylation sites is 1. The summed E-state index contributed by atoms with van der Waals surface area (Å²) >= 11 is 8.17. The van der Waals surface area contributed by atoms with Gasteiger partial charge in [0.25, 0.3) is 0 Å². The first-order valence-electron chi connectivity index (χ1n) is 9.22. The Hall–Kier alpha value is -2.24. The fourth-order valence-electron chi connectivity index (χ4n) is 3.23. The summed E-state index contributed by atoms with van der Waals surface area (Å²) in [6, 6.07) is 11.8. The lowest BCUT2D eigenvalue weighted by atomic mass is 10.1. The van der Waals surface area contributed by atoms with E-state index in [-0.39, 0.29) is 0 Å². The van der Waals surface area contributed by atoms with Crippen LogP contribution in [0.25, 0.3) is 11.3 Å². The number of aryl methyl sites for hydroxylation is 2. The van der Waals surface area contributed by atoms with Crippen LogP contribution in [0.3, 0.4) is 0 Å². The first-order valence-corrected chi connectivity index (χ1v) is 10.4. The zero-order chi connectivity index (χ0) is 20.3. The van der Waals surface area contributed by atoms with Crippen molar-refractivity contribution in [1.82, 2.24) is 4.98 Å². The number of halogens is 1. The van der Waals surface area contributed by atoms with Gasteiger partial charge < -0.3 is 14.4 Å². The fraction of sp³-hybridized carbons (Fsp3) is 0.318. The van der Waals surface area contributed by atoms with Gasteiger partial charge in [-0.2, -0.15) is 0 Å². The van der Waals surface area contributed by atoms with E-state index in [4.69, 9.17) is 26.1 Å². The maximum absolute atomic E-state index is 6.51. The van der Waals surface area contributed by atoms with E-state index in [9.17, 15) is 0 Å². The van der Waals surface area contributed by atoms with E-state index in [2.05, 4.69) is 31.7 Å². The summed E-state index contributed by atoms with van der Waals surface area (Å²) in [6.45, 7) is 7.20. The predicted molar refractivity (Wildman–Crippen MR) is 119 cm³/mol. The van der Waals surface area contributed by atoms with Crippen molar-refractivity contribution in [3.63, 3.8) is 0 Å². The van der Waals surface area contributed by atoms with E-state index < -0.39 is 0 Å². The highest BCUT2D eigenvalue weighted by atomic mass is 35.5. The van der Waals surface area contributed by atoms with Gasteiger partial charge in [-0.05, 0) is 50.1 Å². The minimum Gasteiger partial charge on any atom is -0.497 e. The number of ether oxygens (including phenoxy) is 2. The van der Waals surface area contributed by atoms with E-state index in [0.717, 1.165) is 57.0 Å². The van der Waals surface area contributed by atoms with Gasteiger partial charge in [0.15, 0.2) is 5.13 Å². The van der Waals surface area contributed by atoms with Gasteiger partial charge >= 0.3 is 0 Å². The molecule has 0 N–H and O–H groups in total. The number of anilines is 2. The molecule has 1 heterocycles. The summed E-state index contributed by atoms with van der Waals surface area (Å²) in [7, 11) is 3.34. The fourth-order valence-corrected chi connectivity index (χ4v) is 4.45. The maximum Gasteiger partial charge on any atom is 0.190 e. The highest BCUT2D eigenvalue weighted by molar-refractivity contribution is 7.16. The lowest BCUT2D eigenvalue weighted by molar-refractivity contribution is 0.415. The standard InChI is InChI=1S/C22H25ClN2O2S/c1-6-12-25(21-14(2)8-7-9-19(21)27-5)22-24-20(15(3)28-22)17-11-10-16(26-4)13-18(17)23/h7-11,13H,6,12H2,1-5H3. The molecule has 0 saturated carbocycles. The molecule has 148 valence electrons. The number of methoxy groups -OCH3 is 2. The van der Waals surface area contributed by atoms with Gasteiger partial charge in [0.05, 0.1) is 30.6 Å². The molecule has 2 aromatic carbocycles. The van der Waals surface area contributed by atoms with Gasteiger partial charge in [0.1, 0.15) is 11.5 Å². The second kappa shape index (κ2) is 8.84. The van der Waals surface area contributed by atoms with Gasteiger partial charge in [-0.3, -0.25) is 0 Å². The Morgan fingerprint density at radius 1 is 1.11 bits per heavy atom. The normalized spacial score (nSPS) is 10.8. The molecule has 1 aromatic heterocycles. The SMILES string of the molecule is CCCN(c1nc(-c2ccc(OC)cc2Cl)c(C)s1)c1c(C)cccc1OC. The number of thiazole rings is 1. The second-order valence-electron chi connectivity index (χ2n) is 6.52. The van der Waals surface area contributed by atoms with Crippen molar-refractivity contribution >= 4 is 33.8 Å². The van der Waals surface area contributed by atoms with Gasteiger partial charge in [-0.25, -0.2) is 4.98 Å². The average Bonchev–Trinajstić information content (AvgIpc) is 3.07. The molecule has 0 amide bonds. The molecule has 0 radical (unpaired) electrons.